The Bertz CT molecular complexity index is 677. The summed E-state index contributed by atoms with van der Waals surface area (Å²) in [5.74, 6) is 0.376. The zero-order valence-corrected chi connectivity index (χ0v) is 11.5. The van der Waals surface area contributed by atoms with Crippen molar-refractivity contribution in [2.75, 3.05) is 11.1 Å². The number of hydrogen-bond donors (Lipinski definition) is 2. The van der Waals surface area contributed by atoms with E-state index in [1.807, 2.05) is 13.0 Å². The molecular formula is C13H10Cl2N4. The van der Waals surface area contributed by atoms with E-state index < -0.39 is 0 Å². The van der Waals surface area contributed by atoms with E-state index in [4.69, 9.17) is 34.2 Å². The molecule has 96 valence electrons. The number of hydrogen-bond acceptors (Lipinski definition) is 4. The molecule has 0 aliphatic carbocycles. The van der Waals surface area contributed by atoms with Crippen LogP contribution in [0.25, 0.3) is 0 Å². The van der Waals surface area contributed by atoms with Crippen LogP contribution in [-0.2, 0) is 0 Å². The molecule has 0 aliphatic rings. The van der Waals surface area contributed by atoms with E-state index in [-0.39, 0.29) is 5.69 Å². The number of rotatable bonds is 2. The first-order chi connectivity index (χ1) is 9.02. The molecule has 1 aromatic carbocycles. The molecule has 19 heavy (non-hydrogen) atoms. The van der Waals surface area contributed by atoms with Crippen LogP contribution in [-0.4, -0.2) is 4.98 Å². The highest BCUT2D eigenvalue weighted by molar-refractivity contribution is 6.35. The van der Waals surface area contributed by atoms with Crippen molar-refractivity contribution < 1.29 is 0 Å². The molecule has 0 fully saturated rings. The van der Waals surface area contributed by atoms with Crippen molar-refractivity contribution in [2.45, 2.75) is 6.92 Å². The van der Waals surface area contributed by atoms with Gasteiger partial charge in [0.1, 0.15) is 6.07 Å². The number of nitrogens with zero attached hydrogens (tertiary/aromatic N) is 2. The lowest BCUT2D eigenvalue weighted by Gasteiger charge is -2.11. The van der Waals surface area contributed by atoms with Gasteiger partial charge in [0.2, 0.25) is 0 Å². The third-order valence-corrected chi connectivity index (χ3v) is 3.33. The molecule has 0 saturated heterocycles. The van der Waals surface area contributed by atoms with Crippen molar-refractivity contribution in [1.82, 2.24) is 4.98 Å². The Kier molecular flexibility index (Phi) is 3.79. The minimum absolute atomic E-state index is 0.276. The highest BCUT2D eigenvalue weighted by Crippen LogP contribution is 2.32. The van der Waals surface area contributed by atoms with Crippen molar-refractivity contribution in [3.8, 4) is 6.07 Å². The number of nitrogens with one attached hydrogen (secondary N) is 1. The van der Waals surface area contributed by atoms with Crippen LogP contribution in [0.15, 0.2) is 24.4 Å². The van der Waals surface area contributed by atoms with Crippen molar-refractivity contribution in [1.29, 1.82) is 5.26 Å². The maximum absolute atomic E-state index is 8.91. The van der Waals surface area contributed by atoms with Gasteiger partial charge >= 0.3 is 0 Å². The summed E-state index contributed by atoms with van der Waals surface area (Å²) in [6.45, 7) is 1.86. The smallest absolute Gasteiger partial charge is 0.154 e. The molecule has 0 saturated carbocycles. The predicted octanol–water partition coefficient (Wildman–Crippen LogP) is 3.89. The summed E-state index contributed by atoms with van der Waals surface area (Å²) in [6.07, 6.45) is 1.50. The number of pyridine rings is 1. The molecule has 1 heterocycles. The number of nitrogens with two attached hydrogens (primary N) is 1. The van der Waals surface area contributed by atoms with E-state index in [0.717, 1.165) is 5.56 Å². The van der Waals surface area contributed by atoms with E-state index in [1.165, 1.54) is 6.20 Å². The van der Waals surface area contributed by atoms with Gasteiger partial charge in [0.15, 0.2) is 5.82 Å². The van der Waals surface area contributed by atoms with Crippen molar-refractivity contribution in [3.63, 3.8) is 0 Å². The highest BCUT2D eigenvalue weighted by atomic mass is 35.5. The fourth-order valence-electron chi connectivity index (χ4n) is 1.54. The molecule has 0 amide bonds. The lowest BCUT2D eigenvalue weighted by atomic mass is 10.2. The van der Waals surface area contributed by atoms with Crippen LogP contribution in [0, 0.1) is 18.3 Å². The van der Waals surface area contributed by atoms with Gasteiger partial charge in [-0.1, -0.05) is 23.2 Å². The average Bonchev–Trinajstić information content (AvgIpc) is 2.38. The zero-order chi connectivity index (χ0) is 14.0. The van der Waals surface area contributed by atoms with Gasteiger partial charge in [0.25, 0.3) is 0 Å². The second-order valence-corrected chi connectivity index (χ2v) is 4.75. The summed E-state index contributed by atoms with van der Waals surface area (Å²) < 4.78 is 0. The van der Waals surface area contributed by atoms with Gasteiger partial charge < -0.3 is 11.1 Å². The molecule has 0 spiro atoms. The molecule has 6 heteroatoms. The van der Waals surface area contributed by atoms with Crippen LogP contribution in [0.1, 0.15) is 11.1 Å². The van der Waals surface area contributed by atoms with Gasteiger partial charge in [-0.3, -0.25) is 0 Å². The van der Waals surface area contributed by atoms with Crippen LogP contribution in [0.3, 0.4) is 0 Å². The van der Waals surface area contributed by atoms with E-state index in [1.54, 1.807) is 18.2 Å². The number of aromatic nitrogens is 1. The van der Waals surface area contributed by atoms with Gasteiger partial charge in [0, 0.05) is 11.2 Å². The quantitative estimate of drug-likeness (QED) is 0.880. The summed E-state index contributed by atoms with van der Waals surface area (Å²) in [5.41, 5.74) is 7.93. The van der Waals surface area contributed by atoms with Crippen LogP contribution < -0.4 is 11.1 Å². The summed E-state index contributed by atoms with van der Waals surface area (Å²) in [7, 11) is 0. The van der Waals surface area contributed by atoms with Crippen LogP contribution in [0.2, 0.25) is 10.0 Å². The van der Waals surface area contributed by atoms with Gasteiger partial charge in [0.05, 0.1) is 22.0 Å². The molecule has 0 aliphatic heterocycles. The number of aryl methyl sites for hydroxylation is 1. The number of anilines is 3. The fourth-order valence-corrected chi connectivity index (χ4v) is 1.97. The lowest BCUT2D eigenvalue weighted by molar-refractivity contribution is 1.29. The average molecular weight is 293 g/mol. The lowest BCUT2D eigenvalue weighted by Crippen LogP contribution is -2.01. The molecule has 0 unspecified atom stereocenters. The summed E-state index contributed by atoms with van der Waals surface area (Å²) in [6, 6.07) is 6.98. The Balaban J connectivity index is 2.43. The fraction of sp³-hybridized carbons (Fsp3) is 0.0769. The predicted molar refractivity (Wildman–Crippen MR) is 77.8 cm³/mol. The molecule has 2 aromatic rings. The molecule has 2 rings (SSSR count). The Labute approximate surface area is 120 Å². The molecule has 0 radical (unpaired) electrons. The SMILES string of the molecule is Cc1cc(Cl)c(Nc2nccc(C#N)c2N)cc1Cl. The minimum atomic E-state index is 0.276. The van der Waals surface area contributed by atoms with E-state index in [2.05, 4.69) is 10.3 Å². The van der Waals surface area contributed by atoms with Crippen molar-refractivity contribution in [3.05, 3.63) is 45.6 Å². The van der Waals surface area contributed by atoms with E-state index in [9.17, 15) is 0 Å². The zero-order valence-electron chi connectivity index (χ0n) is 10.0. The molecule has 1 aromatic heterocycles. The second-order valence-electron chi connectivity index (χ2n) is 3.94. The van der Waals surface area contributed by atoms with Crippen LogP contribution >= 0.6 is 23.2 Å². The van der Waals surface area contributed by atoms with Gasteiger partial charge in [-0.2, -0.15) is 5.26 Å². The first-order valence-electron chi connectivity index (χ1n) is 5.40. The number of benzene rings is 1. The number of halogens is 2. The molecule has 0 atom stereocenters. The maximum atomic E-state index is 8.91. The molecule has 4 nitrogen and oxygen atoms in total. The minimum Gasteiger partial charge on any atom is -0.395 e. The largest absolute Gasteiger partial charge is 0.395 e. The standard InChI is InChI=1S/C13H10Cl2N4/c1-7-4-10(15)11(5-9(7)14)19-13-12(17)8(6-16)2-3-18-13/h2-5H,17H2,1H3,(H,18,19). The highest BCUT2D eigenvalue weighted by Gasteiger charge is 2.09. The van der Waals surface area contributed by atoms with Crippen LogP contribution in [0.5, 0.6) is 0 Å². The Morgan fingerprint density at radius 2 is 2.05 bits per heavy atom. The monoisotopic (exact) mass is 292 g/mol. The Morgan fingerprint density at radius 3 is 2.74 bits per heavy atom. The summed E-state index contributed by atoms with van der Waals surface area (Å²) in [4.78, 5) is 4.09. The molecule has 3 N–H and O–H groups in total. The summed E-state index contributed by atoms with van der Waals surface area (Å²) in [5, 5.41) is 13.0. The summed E-state index contributed by atoms with van der Waals surface area (Å²) >= 11 is 12.2. The second kappa shape index (κ2) is 5.35. The number of nitriles is 1. The first kappa shape index (κ1) is 13.5. The van der Waals surface area contributed by atoms with Gasteiger partial charge in [-0.15, -0.1) is 0 Å². The Morgan fingerprint density at radius 1 is 1.32 bits per heavy atom. The van der Waals surface area contributed by atoms with Crippen molar-refractivity contribution in [2.24, 2.45) is 0 Å². The van der Waals surface area contributed by atoms with Gasteiger partial charge in [-0.05, 0) is 30.7 Å². The normalized spacial score (nSPS) is 10.0. The van der Waals surface area contributed by atoms with Crippen molar-refractivity contribution >= 4 is 40.4 Å². The third-order valence-electron chi connectivity index (χ3n) is 2.61. The number of nitrogen functional groups attached to an aromatic ring is 1. The van der Waals surface area contributed by atoms with Crippen LogP contribution in [0.4, 0.5) is 17.2 Å². The topological polar surface area (TPSA) is 74.7 Å². The molecular weight excluding hydrogens is 283 g/mol. The van der Waals surface area contributed by atoms with E-state index in [0.29, 0.717) is 27.1 Å². The third kappa shape index (κ3) is 2.73. The molecule has 0 bridgehead atoms. The Hall–Kier alpha value is -1.96. The maximum Gasteiger partial charge on any atom is 0.154 e. The van der Waals surface area contributed by atoms with E-state index >= 15 is 0 Å². The first-order valence-corrected chi connectivity index (χ1v) is 6.15. The van der Waals surface area contributed by atoms with Gasteiger partial charge in [-0.25, -0.2) is 4.98 Å².